The van der Waals surface area contributed by atoms with Crippen molar-refractivity contribution in [2.45, 2.75) is 144 Å². The Hall–Kier alpha value is -12.8. The summed E-state index contributed by atoms with van der Waals surface area (Å²) in [7, 11) is 0. The second-order valence-electron chi connectivity index (χ2n) is 38.8. The van der Waals surface area contributed by atoms with E-state index < -0.39 is 0 Å². The number of fused-ring (bicyclic) bond motifs is 8. The Morgan fingerprint density at radius 3 is 0.619 bits per heavy atom. The van der Waals surface area contributed by atoms with Crippen molar-refractivity contribution in [2.75, 3.05) is 0 Å². The molecule has 0 saturated carbocycles. The van der Waals surface area contributed by atoms with Gasteiger partial charge >= 0.3 is 0 Å². The van der Waals surface area contributed by atoms with Crippen LogP contribution in [-0.4, -0.2) is 19.9 Å². The van der Waals surface area contributed by atoms with E-state index in [1.807, 2.05) is 0 Å². The molecule has 0 unspecified atom stereocenters. The third-order valence-corrected chi connectivity index (χ3v) is 26.0. The van der Waals surface area contributed by atoms with Crippen LogP contribution in [0.3, 0.4) is 0 Å². The van der Waals surface area contributed by atoms with E-state index in [1.54, 1.807) is 0 Å². The average Bonchev–Trinajstić information content (AvgIpc) is 1.55. The molecule has 0 spiro atoms. The second kappa shape index (κ2) is 26.4. The Labute approximate surface area is 691 Å². The van der Waals surface area contributed by atoms with Crippen molar-refractivity contribution in [3.8, 4) is 89.5 Å². The predicted molar refractivity (Wildman–Crippen MR) is 510 cm³/mol. The molecule has 0 fully saturated rings. The van der Waals surface area contributed by atoms with Crippen molar-refractivity contribution in [1.29, 1.82) is 0 Å². The number of benzene rings is 16. The molecule has 0 saturated heterocycles. The number of nitrogens with zero attached hydrogens (tertiary/aromatic N) is 2. The zero-order valence-corrected chi connectivity index (χ0v) is 70.6. The summed E-state index contributed by atoms with van der Waals surface area (Å²) in [6.07, 6.45) is 0. The Bertz CT molecular complexity index is 7210. The van der Waals surface area contributed by atoms with Gasteiger partial charge in [0.2, 0.25) is 0 Å². The van der Waals surface area contributed by atoms with Gasteiger partial charge in [-0.05, 0) is 272 Å². The van der Waals surface area contributed by atoms with E-state index in [0.29, 0.717) is 11.8 Å². The zero-order chi connectivity index (χ0) is 81.1. The van der Waals surface area contributed by atoms with E-state index in [1.165, 1.54) is 76.5 Å². The molecule has 16 aromatic carbocycles. The standard InChI is InChI=1S/C114H98N4/c1-63(2)65-33-37-67(38-34-65)99-103-91-53-77-41-69-25-17-21-29-73(69)45-81(77)57-95(91)107(115-103)101(85-49-87(111(5,6)7)61-88(50-85)112(8,9)10)109-97-59-83-47-75-31-23-19-27-71(75)43-79(83)55-93(97)105(117-109)100(68-39-35-66(36-40-68)64(3)4)106-94-56-80-44-72-28-20-24-32-76(72)48-84(80)60-98(94)110(118-106)102(86-51-89(113(11,12)13)62-90(52-86)114(14,15)16)108-96-58-82-46-74-30-22-18-26-70(74)42-78(82)54-92(96)104(99)116-108/h17-64,115,118H,1-16H3. The van der Waals surface area contributed by atoms with Crippen LogP contribution in [0.25, 0.3) is 219 Å². The highest BCUT2D eigenvalue weighted by molar-refractivity contribution is 6.26. The van der Waals surface area contributed by atoms with Crippen LogP contribution in [0.15, 0.2) is 279 Å². The van der Waals surface area contributed by atoms with E-state index in [0.717, 1.165) is 176 Å². The van der Waals surface area contributed by atoms with Gasteiger partial charge in [-0.3, -0.25) is 0 Å². The summed E-state index contributed by atoms with van der Waals surface area (Å²) in [6, 6.07) is 109. The smallest absolute Gasteiger partial charge is 0.0816 e. The van der Waals surface area contributed by atoms with Crippen LogP contribution < -0.4 is 0 Å². The molecule has 4 nitrogen and oxygen atoms in total. The lowest BCUT2D eigenvalue weighted by molar-refractivity contribution is 0.568. The van der Waals surface area contributed by atoms with E-state index in [-0.39, 0.29) is 21.7 Å². The molecule has 0 atom stereocenters. The molecular weight excluding hydrogens is 1430 g/mol. The number of H-pyrrole nitrogens is 2. The first-order valence-corrected chi connectivity index (χ1v) is 42.4. The molecule has 0 radical (unpaired) electrons. The van der Waals surface area contributed by atoms with E-state index in [2.05, 4.69) is 400 Å². The number of aromatic amines is 2. The number of nitrogens with one attached hydrogen (secondary N) is 2. The maximum atomic E-state index is 6.68. The van der Waals surface area contributed by atoms with Gasteiger partial charge in [-0.15, -0.1) is 0 Å². The molecule has 8 bridgehead atoms. The van der Waals surface area contributed by atoms with Gasteiger partial charge in [0.1, 0.15) is 0 Å². The summed E-state index contributed by atoms with van der Waals surface area (Å²) in [6.45, 7) is 37.6. The minimum atomic E-state index is -0.245. The summed E-state index contributed by atoms with van der Waals surface area (Å²) in [5.74, 6) is 0.583. The number of aromatic nitrogens is 4. The minimum Gasteiger partial charge on any atom is -0.353 e. The molecule has 2 N–H and O–H groups in total. The molecule has 0 amide bonds. The normalized spacial score (nSPS) is 12.9. The molecule has 4 heterocycles. The first-order valence-electron chi connectivity index (χ1n) is 42.4. The summed E-state index contributed by atoms with van der Waals surface area (Å²) >= 11 is 0. The van der Waals surface area contributed by atoms with Crippen molar-refractivity contribution in [2.24, 2.45) is 0 Å². The Morgan fingerprint density at radius 2 is 0.415 bits per heavy atom. The van der Waals surface area contributed by atoms with Crippen molar-refractivity contribution in [1.82, 2.24) is 19.9 Å². The van der Waals surface area contributed by atoms with Crippen molar-refractivity contribution in [3.63, 3.8) is 0 Å². The Kier molecular flexibility index (Phi) is 16.3. The van der Waals surface area contributed by atoms with Gasteiger partial charge in [0.05, 0.1) is 44.8 Å². The van der Waals surface area contributed by atoms with E-state index in [9.17, 15) is 0 Å². The zero-order valence-electron chi connectivity index (χ0n) is 70.6. The third kappa shape index (κ3) is 12.1. The largest absolute Gasteiger partial charge is 0.353 e. The number of hydrogen-bond donors (Lipinski definition) is 2. The van der Waals surface area contributed by atoms with Crippen molar-refractivity contribution < 1.29 is 0 Å². The molecule has 2 aliphatic heterocycles. The van der Waals surface area contributed by atoms with Crippen LogP contribution in [0.2, 0.25) is 0 Å². The topological polar surface area (TPSA) is 57.4 Å². The minimum absolute atomic E-state index is 0.245. The SMILES string of the molecule is CC(C)c1ccc(-c2c3nc(c(-c4cc(C(C)(C)C)cc(C(C)(C)C)c4)c4[nH]c(c(-c5ccc(C(C)C)cc5)c5nc(c(-c6cc(C(C)(C)C)cc(C(C)(C)C)c6)c6[nH]c2c2cc7cc8ccccc8cc7cc62)-c2cc6cc7ccccc7cc6cc2-5)c2cc5cc6ccccc6cc5cc42)-c2cc4cc5ccccc5cc4cc2-3)cc1. The molecule has 1 aliphatic carbocycles. The average molecular weight is 1520 g/mol. The molecule has 18 aromatic rings. The summed E-state index contributed by atoms with van der Waals surface area (Å²) in [5, 5.41) is 23.1. The van der Waals surface area contributed by atoms with Gasteiger partial charge in [-0.1, -0.05) is 293 Å². The first-order chi connectivity index (χ1) is 56.6. The van der Waals surface area contributed by atoms with Gasteiger partial charge in [-0.2, -0.15) is 0 Å². The fraction of sp³-hybridized carbons (Fsp3) is 0.193. The van der Waals surface area contributed by atoms with Crippen LogP contribution in [-0.2, 0) is 21.7 Å². The lowest BCUT2D eigenvalue weighted by Crippen LogP contribution is -2.16. The summed E-state index contributed by atoms with van der Waals surface area (Å²) < 4.78 is 0. The van der Waals surface area contributed by atoms with Crippen molar-refractivity contribution in [3.05, 3.63) is 312 Å². The van der Waals surface area contributed by atoms with Crippen LogP contribution >= 0.6 is 0 Å². The Balaban J connectivity index is 1.11. The summed E-state index contributed by atoms with van der Waals surface area (Å²) in [5.41, 5.74) is 26.8. The highest BCUT2D eigenvalue weighted by Crippen LogP contribution is 2.56. The molecule has 3 aliphatic rings. The van der Waals surface area contributed by atoms with Gasteiger partial charge in [0.15, 0.2) is 0 Å². The number of hydrogen-bond acceptors (Lipinski definition) is 2. The highest BCUT2D eigenvalue weighted by Gasteiger charge is 2.34. The van der Waals surface area contributed by atoms with Crippen LogP contribution in [0.4, 0.5) is 0 Å². The highest BCUT2D eigenvalue weighted by atomic mass is 14.8. The molecule has 21 rings (SSSR count). The van der Waals surface area contributed by atoms with Crippen molar-refractivity contribution >= 4 is 130 Å². The monoisotopic (exact) mass is 1520 g/mol. The quantitative estimate of drug-likeness (QED) is 0.163. The molecule has 4 heteroatoms. The Morgan fingerprint density at radius 1 is 0.212 bits per heavy atom. The molecule has 118 heavy (non-hydrogen) atoms. The van der Waals surface area contributed by atoms with Crippen LogP contribution in [0, 0.1) is 0 Å². The lowest BCUT2D eigenvalue weighted by Gasteiger charge is -2.26. The summed E-state index contributed by atoms with van der Waals surface area (Å²) in [4.78, 5) is 22.6. The first kappa shape index (κ1) is 72.9. The predicted octanol–water partition coefficient (Wildman–Crippen LogP) is 32.6. The van der Waals surface area contributed by atoms with Gasteiger partial charge in [-0.25, -0.2) is 9.97 Å². The van der Waals surface area contributed by atoms with Gasteiger partial charge in [0, 0.05) is 66.1 Å². The lowest BCUT2D eigenvalue weighted by atomic mass is 9.78. The molecule has 574 valence electrons. The number of rotatable bonds is 6. The van der Waals surface area contributed by atoms with E-state index >= 15 is 0 Å². The third-order valence-electron chi connectivity index (χ3n) is 26.0. The van der Waals surface area contributed by atoms with Crippen LogP contribution in [0.5, 0.6) is 0 Å². The molecule has 2 aromatic heterocycles. The van der Waals surface area contributed by atoms with Gasteiger partial charge in [0.25, 0.3) is 0 Å². The van der Waals surface area contributed by atoms with Gasteiger partial charge < -0.3 is 9.97 Å². The second-order valence-corrected chi connectivity index (χ2v) is 38.8. The van der Waals surface area contributed by atoms with E-state index in [4.69, 9.17) is 9.97 Å². The molecular formula is C114H98N4. The maximum absolute atomic E-state index is 6.68. The maximum Gasteiger partial charge on any atom is 0.0816 e. The fourth-order valence-corrected chi connectivity index (χ4v) is 19.1. The van der Waals surface area contributed by atoms with Crippen LogP contribution in [0.1, 0.15) is 156 Å². The fourth-order valence-electron chi connectivity index (χ4n) is 19.1.